The van der Waals surface area contributed by atoms with Crippen LogP contribution in [0.5, 0.6) is 0 Å². The van der Waals surface area contributed by atoms with Crippen LogP contribution in [-0.2, 0) is 0 Å². The molecule has 4 heteroatoms. The molecule has 2 nitrogen and oxygen atoms in total. The lowest BCUT2D eigenvalue weighted by atomic mass is 10.3. The van der Waals surface area contributed by atoms with Gasteiger partial charge in [0, 0.05) is 7.05 Å². The van der Waals surface area contributed by atoms with E-state index in [-0.39, 0.29) is 12.4 Å². The number of hydrazine groups is 1. The van der Waals surface area contributed by atoms with Crippen LogP contribution in [-0.4, -0.2) is 12.3 Å². The number of hydrogen-bond donors (Lipinski definition) is 1. The zero-order chi connectivity index (χ0) is 7.40. The number of hydrogen-bond acceptors (Lipinski definition) is 2. The molecule has 0 fully saturated rings. The minimum absolute atomic E-state index is 0. The van der Waals surface area contributed by atoms with E-state index in [1.807, 2.05) is 18.2 Å². The Labute approximate surface area is 71.3 Å². The summed E-state index contributed by atoms with van der Waals surface area (Å²) >= 11 is 0. The number of halogens is 2. The van der Waals surface area contributed by atoms with Gasteiger partial charge in [-0.15, -0.1) is 16.9 Å². The lowest BCUT2D eigenvalue weighted by Gasteiger charge is -2.07. The number of anilines is 1. The summed E-state index contributed by atoms with van der Waals surface area (Å²) in [5, 5.41) is 0.412. The van der Waals surface area contributed by atoms with Crippen LogP contribution in [0.2, 0.25) is 0 Å². The van der Waals surface area contributed by atoms with Crippen molar-refractivity contribution in [2.75, 3.05) is 12.5 Å². The highest BCUT2D eigenvalue weighted by molar-refractivity contribution is 5.85. The molecule has 0 atom stereocenters. The van der Waals surface area contributed by atoms with Gasteiger partial charge in [0.05, 0.1) is 5.69 Å². The number of rotatable bonds is 2. The first-order valence-electron chi connectivity index (χ1n) is 3.00. The summed E-state index contributed by atoms with van der Waals surface area (Å²) in [5.41, 5.74) is 3.21. The number of para-hydroxylation sites is 1. The maximum atomic E-state index is 12.1. The molecular weight excluding hydrogens is 167 g/mol. The molecule has 0 saturated carbocycles. The third-order valence-electron chi connectivity index (χ3n) is 1.06. The number of benzene rings is 1. The van der Waals surface area contributed by atoms with Crippen molar-refractivity contribution in [3.8, 4) is 0 Å². The SMILES string of the molecule is CN(F)Nc1ccccc1.Cl. The van der Waals surface area contributed by atoms with Crippen LogP contribution in [0, 0.1) is 0 Å². The zero-order valence-electron chi connectivity index (χ0n) is 6.12. The fourth-order valence-electron chi connectivity index (χ4n) is 0.691. The molecule has 62 valence electrons. The normalized spacial score (nSPS) is 9.00. The summed E-state index contributed by atoms with van der Waals surface area (Å²) in [7, 11) is 1.30. The molecule has 0 saturated heterocycles. The standard InChI is InChI=1S/C7H9FN2.ClH/c1-10(8)9-7-5-3-2-4-6-7;/h2-6,9H,1H3;1H. The highest BCUT2D eigenvalue weighted by Crippen LogP contribution is 2.04. The van der Waals surface area contributed by atoms with Crippen molar-refractivity contribution in [2.24, 2.45) is 0 Å². The molecular formula is C7H10ClFN2. The fraction of sp³-hybridized carbons (Fsp3) is 0.143. The Balaban J connectivity index is 0.000001000. The van der Waals surface area contributed by atoms with Gasteiger partial charge in [-0.05, 0) is 12.1 Å². The molecule has 0 aromatic heterocycles. The van der Waals surface area contributed by atoms with Gasteiger partial charge in [-0.3, -0.25) is 5.43 Å². The molecule has 0 aliphatic carbocycles. The summed E-state index contributed by atoms with van der Waals surface area (Å²) < 4.78 is 12.1. The predicted molar refractivity (Wildman–Crippen MR) is 46.2 cm³/mol. The van der Waals surface area contributed by atoms with Gasteiger partial charge < -0.3 is 0 Å². The molecule has 1 aromatic rings. The summed E-state index contributed by atoms with van der Waals surface area (Å²) in [4.78, 5) is 0. The minimum atomic E-state index is 0. The van der Waals surface area contributed by atoms with Crippen LogP contribution in [0.1, 0.15) is 0 Å². The lowest BCUT2D eigenvalue weighted by Crippen LogP contribution is -2.14. The minimum Gasteiger partial charge on any atom is -0.292 e. The largest absolute Gasteiger partial charge is 0.292 e. The van der Waals surface area contributed by atoms with Crippen molar-refractivity contribution in [3.05, 3.63) is 30.3 Å². The van der Waals surface area contributed by atoms with Crippen molar-refractivity contribution in [1.82, 2.24) is 5.23 Å². The highest BCUT2D eigenvalue weighted by Gasteiger charge is 1.90. The van der Waals surface area contributed by atoms with Crippen LogP contribution in [0.3, 0.4) is 0 Å². The van der Waals surface area contributed by atoms with E-state index < -0.39 is 0 Å². The highest BCUT2D eigenvalue weighted by atomic mass is 35.5. The molecule has 11 heavy (non-hydrogen) atoms. The molecule has 0 aliphatic rings. The second-order valence-corrected chi connectivity index (χ2v) is 1.95. The van der Waals surface area contributed by atoms with Gasteiger partial charge in [0.2, 0.25) is 0 Å². The topological polar surface area (TPSA) is 15.3 Å². The summed E-state index contributed by atoms with van der Waals surface area (Å²) in [5.74, 6) is 0. The second kappa shape index (κ2) is 4.93. The molecule has 1 aromatic carbocycles. The summed E-state index contributed by atoms with van der Waals surface area (Å²) in [6.07, 6.45) is 0. The average molecular weight is 177 g/mol. The van der Waals surface area contributed by atoms with Crippen molar-refractivity contribution in [1.29, 1.82) is 0 Å². The Bertz CT molecular complexity index is 191. The number of nitrogens with one attached hydrogen (secondary N) is 1. The van der Waals surface area contributed by atoms with Crippen molar-refractivity contribution >= 4 is 18.1 Å². The Morgan fingerprint density at radius 1 is 1.27 bits per heavy atom. The first-order valence-corrected chi connectivity index (χ1v) is 3.00. The van der Waals surface area contributed by atoms with Gasteiger partial charge in [0.25, 0.3) is 0 Å². The maximum absolute atomic E-state index is 12.1. The molecule has 0 heterocycles. The molecule has 0 bridgehead atoms. The predicted octanol–water partition coefficient (Wildman–Crippen LogP) is 2.25. The smallest absolute Gasteiger partial charge is 0.0514 e. The first kappa shape index (κ1) is 10.2. The molecule has 0 spiro atoms. The summed E-state index contributed by atoms with van der Waals surface area (Å²) in [6, 6.07) is 9.13. The van der Waals surface area contributed by atoms with E-state index in [4.69, 9.17) is 0 Å². The van der Waals surface area contributed by atoms with Crippen LogP contribution < -0.4 is 5.43 Å². The Kier molecular flexibility index (Phi) is 4.57. The van der Waals surface area contributed by atoms with Gasteiger partial charge >= 0.3 is 0 Å². The van der Waals surface area contributed by atoms with Gasteiger partial charge in [0.1, 0.15) is 0 Å². The van der Waals surface area contributed by atoms with E-state index in [1.54, 1.807) is 12.1 Å². The molecule has 1 N–H and O–H groups in total. The Hall–Kier alpha value is -0.800. The third kappa shape index (κ3) is 3.80. The van der Waals surface area contributed by atoms with Crippen molar-refractivity contribution in [3.63, 3.8) is 0 Å². The fourth-order valence-corrected chi connectivity index (χ4v) is 0.691. The van der Waals surface area contributed by atoms with E-state index in [0.29, 0.717) is 5.23 Å². The van der Waals surface area contributed by atoms with E-state index in [2.05, 4.69) is 5.43 Å². The van der Waals surface area contributed by atoms with Crippen LogP contribution in [0.25, 0.3) is 0 Å². The second-order valence-electron chi connectivity index (χ2n) is 1.95. The van der Waals surface area contributed by atoms with E-state index in [1.165, 1.54) is 7.05 Å². The Morgan fingerprint density at radius 3 is 2.27 bits per heavy atom. The quantitative estimate of drug-likeness (QED) is 0.549. The number of nitrogens with zero attached hydrogens (tertiary/aromatic N) is 1. The van der Waals surface area contributed by atoms with Crippen LogP contribution in [0.4, 0.5) is 10.2 Å². The maximum Gasteiger partial charge on any atom is 0.0514 e. The van der Waals surface area contributed by atoms with E-state index in [9.17, 15) is 4.48 Å². The van der Waals surface area contributed by atoms with E-state index in [0.717, 1.165) is 5.69 Å². The third-order valence-corrected chi connectivity index (χ3v) is 1.06. The van der Waals surface area contributed by atoms with Gasteiger partial charge in [-0.25, -0.2) is 0 Å². The molecule has 0 radical (unpaired) electrons. The first-order chi connectivity index (χ1) is 4.79. The zero-order valence-corrected chi connectivity index (χ0v) is 6.94. The monoisotopic (exact) mass is 176 g/mol. The van der Waals surface area contributed by atoms with Gasteiger partial charge in [0.15, 0.2) is 0 Å². The lowest BCUT2D eigenvalue weighted by molar-refractivity contribution is 0.0954. The van der Waals surface area contributed by atoms with E-state index >= 15 is 0 Å². The summed E-state index contributed by atoms with van der Waals surface area (Å²) in [6.45, 7) is 0. The molecule has 0 aliphatic heterocycles. The Morgan fingerprint density at radius 2 is 1.82 bits per heavy atom. The molecule has 0 unspecified atom stereocenters. The van der Waals surface area contributed by atoms with Crippen molar-refractivity contribution in [2.45, 2.75) is 0 Å². The van der Waals surface area contributed by atoms with Crippen LogP contribution >= 0.6 is 12.4 Å². The average Bonchev–Trinajstić information content (AvgIpc) is 1.88. The molecule has 1 rings (SSSR count). The van der Waals surface area contributed by atoms with Crippen LogP contribution in [0.15, 0.2) is 30.3 Å². The van der Waals surface area contributed by atoms with Gasteiger partial charge in [-0.1, -0.05) is 23.4 Å². The molecule has 0 amide bonds. The van der Waals surface area contributed by atoms with Crippen molar-refractivity contribution < 1.29 is 4.48 Å². The van der Waals surface area contributed by atoms with Gasteiger partial charge in [-0.2, -0.15) is 0 Å².